The topological polar surface area (TPSA) is 60.7 Å². The minimum atomic E-state index is 0.0683. The Kier molecular flexibility index (Phi) is 5.28. The molecule has 0 radical (unpaired) electrons. The van der Waals surface area contributed by atoms with E-state index in [9.17, 15) is 4.79 Å². The largest absolute Gasteiger partial charge is 0.293 e. The lowest BCUT2D eigenvalue weighted by Gasteiger charge is -2.07. The van der Waals surface area contributed by atoms with Crippen LogP contribution < -0.4 is 0 Å². The summed E-state index contributed by atoms with van der Waals surface area (Å²) in [4.78, 5) is 12.4. The Bertz CT molecular complexity index is 854. The molecule has 0 aliphatic rings. The number of carbonyl (C=O) groups excluding carboxylic acids is 1. The number of Topliss-reactive ketones (excluding diaryl/α,β-unsaturated/α-hetero) is 1. The molecule has 0 aliphatic carbocycles. The number of aryl methyl sites for hydroxylation is 1. The standard InChI is InChI=1S/C19H20N4OS/c1-13(2)15-6-8-16(9-7-15)18(24)12-25-19-20-21-22-23(19)17-10-4-14(3)5-11-17/h4-11,13H,12H2,1-3H3. The van der Waals surface area contributed by atoms with Crippen LogP contribution in [-0.4, -0.2) is 31.7 Å². The predicted octanol–water partition coefficient (Wildman–Crippen LogP) is 4.07. The SMILES string of the molecule is Cc1ccc(-n2nnnc2SCC(=O)c2ccc(C(C)C)cc2)cc1. The highest BCUT2D eigenvalue weighted by Crippen LogP contribution is 2.21. The van der Waals surface area contributed by atoms with Crippen LogP contribution in [0, 0.1) is 6.92 Å². The molecule has 0 bridgehead atoms. The summed E-state index contributed by atoms with van der Waals surface area (Å²) in [5, 5.41) is 12.4. The number of hydrogen-bond donors (Lipinski definition) is 0. The minimum absolute atomic E-state index is 0.0683. The first kappa shape index (κ1) is 17.4. The molecule has 0 saturated carbocycles. The molecule has 0 saturated heterocycles. The molecule has 0 spiro atoms. The third-order valence-electron chi connectivity index (χ3n) is 3.95. The van der Waals surface area contributed by atoms with Crippen LogP contribution in [0.1, 0.15) is 41.3 Å². The lowest BCUT2D eigenvalue weighted by atomic mass is 10.0. The molecule has 0 aliphatic heterocycles. The van der Waals surface area contributed by atoms with E-state index in [-0.39, 0.29) is 5.78 Å². The van der Waals surface area contributed by atoms with E-state index in [1.54, 1.807) is 4.68 Å². The highest BCUT2D eigenvalue weighted by Gasteiger charge is 2.13. The van der Waals surface area contributed by atoms with Gasteiger partial charge < -0.3 is 0 Å². The molecule has 0 N–H and O–H groups in total. The quantitative estimate of drug-likeness (QED) is 0.494. The van der Waals surface area contributed by atoms with Crippen molar-refractivity contribution in [3.63, 3.8) is 0 Å². The van der Waals surface area contributed by atoms with Gasteiger partial charge in [-0.1, -0.05) is 67.6 Å². The van der Waals surface area contributed by atoms with Gasteiger partial charge in [0, 0.05) is 5.56 Å². The normalized spacial score (nSPS) is 11.0. The molecule has 0 amide bonds. The van der Waals surface area contributed by atoms with Crippen molar-refractivity contribution in [2.75, 3.05) is 5.75 Å². The Morgan fingerprint density at radius 1 is 1.08 bits per heavy atom. The van der Waals surface area contributed by atoms with E-state index < -0.39 is 0 Å². The maximum absolute atomic E-state index is 12.4. The zero-order valence-corrected chi connectivity index (χ0v) is 15.3. The molecule has 0 unspecified atom stereocenters. The summed E-state index contributed by atoms with van der Waals surface area (Å²) in [5.41, 5.74) is 4.00. The number of thioether (sulfide) groups is 1. The van der Waals surface area contributed by atoms with Crippen molar-refractivity contribution in [1.29, 1.82) is 0 Å². The number of benzene rings is 2. The highest BCUT2D eigenvalue weighted by atomic mass is 32.2. The van der Waals surface area contributed by atoms with Crippen molar-refractivity contribution in [2.24, 2.45) is 0 Å². The Morgan fingerprint density at radius 3 is 2.40 bits per heavy atom. The van der Waals surface area contributed by atoms with Gasteiger partial charge in [0.25, 0.3) is 0 Å². The first-order chi connectivity index (χ1) is 12.0. The van der Waals surface area contributed by atoms with Crippen LogP contribution in [0.4, 0.5) is 0 Å². The molecule has 25 heavy (non-hydrogen) atoms. The van der Waals surface area contributed by atoms with Gasteiger partial charge >= 0.3 is 0 Å². The Balaban J connectivity index is 1.69. The van der Waals surface area contributed by atoms with Gasteiger partial charge in [-0.05, 0) is 41.0 Å². The molecular weight excluding hydrogens is 332 g/mol. The zero-order valence-electron chi connectivity index (χ0n) is 14.5. The van der Waals surface area contributed by atoms with Crippen LogP contribution in [0.15, 0.2) is 53.7 Å². The van der Waals surface area contributed by atoms with E-state index in [4.69, 9.17) is 0 Å². The molecule has 2 aromatic carbocycles. The molecule has 5 nitrogen and oxygen atoms in total. The van der Waals surface area contributed by atoms with E-state index >= 15 is 0 Å². The number of aromatic nitrogens is 4. The molecule has 1 aromatic heterocycles. The minimum Gasteiger partial charge on any atom is -0.293 e. The van der Waals surface area contributed by atoms with Crippen molar-refractivity contribution in [3.8, 4) is 5.69 Å². The summed E-state index contributed by atoms with van der Waals surface area (Å²) in [5.74, 6) is 0.823. The molecule has 1 heterocycles. The van der Waals surface area contributed by atoms with E-state index in [1.807, 2.05) is 55.5 Å². The number of ketones is 1. The van der Waals surface area contributed by atoms with Gasteiger partial charge in [0.15, 0.2) is 5.78 Å². The zero-order chi connectivity index (χ0) is 17.8. The van der Waals surface area contributed by atoms with Gasteiger partial charge in [0.2, 0.25) is 5.16 Å². The molecular formula is C19H20N4OS. The second-order valence-electron chi connectivity index (χ2n) is 6.20. The molecule has 0 fully saturated rings. The number of hydrogen-bond acceptors (Lipinski definition) is 5. The Labute approximate surface area is 151 Å². The number of carbonyl (C=O) groups is 1. The van der Waals surface area contributed by atoms with Gasteiger partial charge in [-0.25, -0.2) is 0 Å². The second kappa shape index (κ2) is 7.61. The second-order valence-corrected chi connectivity index (χ2v) is 7.14. The van der Waals surface area contributed by atoms with Crippen LogP contribution in [0.25, 0.3) is 5.69 Å². The molecule has 3 rings (SSSR count). The molecule has 3 aromatic rings. The summed E-state index contributed by atoms with van der Waals surface area (Å²) in [7, 11) is 0. The Hall–Kier alpha value is -2.47. The third-order valence-corrected chi connectivity index (χ3v) is 4.87. The molecule has 6 heteroatoms. The third kappa shape index (κ3) is 4.14. The maximum Gasteiger partial charge on any atom is 0.214 e. The fourth-order valence-corrected chi connectivity index (χ4v) is 3.17. The first-order valence-electron chi connectivity index (χ1n) is 8.16. The van der Waals surface area contributed by atoms with Crippen molar-refractivity contribution in [2.45, 2.75) is 31.8 Å². The van der Waals surface area contributed by atoms with Crippen LogP contribution in [0.5, 0.6) is 0 Å². The van der Waals surface area contributed by atoms with Gasteiger partial charge in [-0.3, -0.25) is 4.79 Å². The van der Waals surface area contributed by atoms with Crippen LogP contribution in [-0.2, 0) is 0 Å². The fourth-order valence-electron chi connectivity index (χ4n) is 2.38. The average Bonchev–Trinajstić information content (AvgIpc) is 3.09. The Morgan fingerprint density at radius 2 is 1.76 bits per heavy atom. The lowest BCUT2D eigenvalue weighted by Crippen LogP contribution is -2.05. The first-order valence-corrected chi connectivity index (χ1v) is 9.14. The smallest absolute Gasteiger partial charge is 0.214 e. The van der Waals surface area contributed by atoms with Gasteiger partial charge in [-0.2, -0.15) is 4.68 Å². The van der Waals surface area contributed by atoms with Gasteiger partial charge in [-0.15, -0.1) is 5.10 Å². The summed E-state index contributed by atoms with van der Waals surface area (Å²) < 4.78 is 1.65. The van der Waals surface area contributed by atoms with Crippen molar-refractivity contribution in [1.82, 2.24) is 20.2 Å². The van der Waals surface area contributed by atoms with Gasteiger partial charge in [0.1, 0.15) is 0 Å². The van der Waals surface area contributed by atoms with Crippen molar-refractivity contribution >= 4 is 17.5 Å². The highest BCUT2D eigenvalue weighted by molar-refractivity contribution is 7.99. The summed E-state index contributed by atoms with van der Waals surface area (Å²) in [6, 6.07) is 15.7. The number of rotatable bonds is 6. The fraction of sp³-hybridized carbons (Fsp3) is 0.263. The van der Waals surface area contributed by atoms with E-state index in [0.29, 0.717) is 22.4 Å². The average molecular weight is 352 g/mol. The number of tetrazole rings is 1. The van der Waals surface area contributed by atoms with Crippen molar-refractivity contribution < 1.29 is 4.79 Å². The van der Waals surface area contributed by atoms with Gasteiger partial charge in [0.05, 0.1) is 11.4 Å². The van der Waals surface area contributed by atoms with Crippen molar-refractivity contribution in [3.05, 3.63) is 65.2 Å². The maximum atomic E-state index is 12.4. The van der Waals surface area contributed by atoms with E-state index in [1.165, 1.54) is 22.9 Å². The summed E-state index contributed by atoms with van der Waals surface area (Å²) in [6.45, 7) is 6.30. The number of nitrogens with zero attached hydrogens (tertiary/aromatic N) is 4. The van der Waals surface area contributed by atoms with E-state index in [2.05, 4.69) is 29.4 Å². The van der Waals surface area contributed by atoms with Crippen LogP contribution in [0.3, 0.4) is 0 Å². The van der Waals surface area contributed by atoms with E-state index in [0.717, 1.165) is 5.69 Å². The monoisotopic (exact) mass is 352 g/mol. The van der Waals surface area contributed by atoms with Crippen LogP contribution >= 0.6 is 11.8 Å². The summed E-state index contributed by atoms with van der Waals surface area (Å²) >= 11 is 1.34. The summed E-state index contributed by atoms with van der Waals surface area (Å²) in [6.07, 6.45) is 0. The predicted molar refractivity (Wildman–Crippen MR) is 99.5 cm³/mol. The molecule has 0 atom stereocenters. The molecule has 128 valence electrons. The lowest BCUT2D eigenvalue weighted by molar-refractivity contribution is 0.102. The van der Waals surface area contributed by atoms with Crippen LogP contribution in [0.2, 0.25) is 0 Å².